The number of rotatable bonds is 3. The fraction of sp³-hybridized carbons (Fsp3) is 0.267. The molecule has 0 bridgehead atoms. The molecule has 0 unspecified atom stereocenters. The lowest BCUT2D eigenvalue weighted by Crippen LogP contribution is -2.12. The van der Waals surface area contributed by atoms with Gasteiger partial charge in [-0.3, -0.25) is 9.97 Å². The molecule has 0 amide bonds. The van der Waals surface area contributed by atoms with Crippen LogP contribution in [0.25, 0.3) is 33.6 Å². The smallest absolute Gasteiger partial charge is 0.149 e. The molecule has 174 valence electrons. The Bertz CT molecular complexity index is 1330. The van der Waals surface area contributed by atoms with Crippen LogP contribution in [0.3, 0.4) is 0 Å². The molecule has 2 aromatic heterocycles. The largest absolute Gasteiger partial charge is 0.253 e. The highest BCUT2D eigenvalue weighted by Crippen LogP contribution is 2.41. The van der Waals surface area contributed by atoms with Crippen molar-refractivity contribution in [1.29, 1.82) is 0 Å². The van der Waals surface area contributed by atoms with Gasteiger partial charge in [0.05, 0.1) is 11.9 Å². The summed E-state index contributed by atoms with van der Waals surface area (Å²) in [6.45, 7) is 12.8. The molecule has 2 aromatic carbocycles. The van der Waals surface area contributed by atoms with E-state index in [9.17, 15) is 8.78 Å². The van der Waals surface area contributed by atoms with Crippen LogP contribution in [0.4, 0.5) is 8.78 Å². The number of pyridine rings is 2. The summed E-state index contributed by atoms with van der Waals surface area (Å²) in [5.41, 5.74) is 6.33. The first kappa shape index (κ1) is 23.7. The van der Waals surface area contributed by atoms with E-state index >= 15 is 0 Å². The van der Waals surface area contributed by atoms with Crippen molar-refractivity contribution in [3.05, 3.63) is 95.8 Å². The van der Waals surface area contributed by atoms with Gasteiger partial charge in [-0.1, -0.05) is 65.8 Å². The maximum atomic E-state index is 15.0. The van der Waals surface area contributed by atoms with Crippen molar-refractivity contribution >= 4 is 0 Å². The van der Waals surface area contributed by atoms with E-state index < -0.39 is 0 Å². The highest BCUT2D eigenvalue weighted by Gasteiger charge is 2.23. The minimum absolute atomic E-state index is 0.0840. The molecule has 0 aliphatic heterocycles. The van der Waals surface area contributed by atoms with Gasteiger partial charge in [0.2, 0.25) is 0 Å². The SMILES string of the molecule is CC(C)(C)c1ccc(-c2ccc(C(C)(C)C)cc2-c2ncccc2F)c(-c2ccc(F)cn2)c1. The third kappa shape index (κ3) is 4.77. The molecule has 34 heavy (non-hydrogen) atoms. The van der Waals surface area contributed by atoms with Crippen LogP contribution in [0.1, 0.15) is 52.7 Å². The highest BCUT2D eigenvalue weighted by atomic mass is 19.1. The first-order valence-electron chi connectivity index (χ1n) is 11.5. The molecule has 0 saturated heterocycles. The second-order valence-corrected chi connectivity index (χ2v) is 10.7. The maximum Gasteiger partial charge on any atom is 0.149 e. The van der Waals surface area contributed by atoms with E-state index in [0.29, 0.717) is 11.4 Å². The molecule has 0 N–H and O–H groups in total. The van der Waals surface area contributed by atoms with Crippen molar-refractivity contribution in [2.45, 2.75) is 52.4 Å². The molecule has 0 radical (unpaired) electrons. The Morgan fingerprint density at radius 1 is 0.618 bits per heavy atom. The molecule has 4 aromatic rings. The van der Waals surface area contributed by atoms with Crippen LogP contribution in [-0.2, 0) is 10.8 Å². The number of hydrogen-bond acceptors (Lipinski definition) is 2. The van der Waals surface area contributed by atoms with Gasteiger partial charge in [-0.25, -0.2) is 8.78 Å². The van der Waals surface area contributed by atoms with Gasteiger partial charge in [-0.15, -0.1) is 0 Å². The summed E-state index contributed by atoms with van der Waals surface area (Å²) in [5.74, 6) is -0.759. The Kier molecular flexibility index (Phi) is 6.11. The van der Waals surface area contributed by atoms with E-state index in [1.54, 1.807) is 18.3 Å². The zero-order chi connectivity index (χ0) is 24.7. The van der Waals surface area contributed by atoms with Crippen LogP contribution in [0.5, 0.6) is 0 Å². The third-order valence-electron chi connectivity index (χ3n) is 6.08. The minimum Gasteiger partial charge on any atom is -0.253 e. The lowest BCUT2D eigenvalue weighted by atomic mass is 9.81. The normalized spacial score (nSPS) is 12.1. The number of hydrogen-bond donors (Lipinski definition) is 0. The Morgan fingerprint density at radius 2 is 1.21 bits per heavy atom. The quantitative estimate of drug-likeness (QED) is 0.309. The van der Waals surface area contributed by atoms with Gasteiger partial charge in [0, 0.05) is 17.3 Å². The Labute approximate surface area is 200 Å². The Hall–Kier alpha value is -3.40. The van der Waals surface area contributed by atoms with Gasteiger partial charge in [0.1, 0.15) is 17.3 Å². The van der Waals surface area contributed by atoms with Crippen molar-refractivity contribution in [3.63, 3.8) is 0 Å². The van der Waals surface area contributed by atoms with Crippen LogP contribution in [0, 0.1) is 11.6 Å². The van der Waals surface area contributed by atoms with E-state index in [2.05, 4.69) is 75.8 Å². The summed E-state index contributed by atoms with van der Waals surface area (Å²) >= 11 is 0. The van der Waals surface area contributed by atoms with Crippen LogP contribution >= 0.6 is 0 Å². The average Bonchev–Trinajstić information content (AvgIpc) is 2.78. The molecule has 0 spiro atoms. The first-order chi connectivity index (χ1) is 15.9. The predicted molar refractivity (Wildman–Crippen MR) is 136 cm³/mol. The second-order valence-electron chi connectivity index (χ2n) is 10.7. The molecule has 0 atom stereocenters. The average molecular weight is 457 g/mol. The minimum atomic E-state index is -0.386. The van der Waals surface area contributed by atoms with Crippen molar-refractivity contribution in [3.8, 4) is 33.6 Å². The van der Waals surface area contributed by atoms with Crippen LogP contribution < -0.4 is 0 Å². The van der Waals surface area contributed by atoms with Gasteiger partial charge in [0.15, 0.2) is 0 Å². The lowest BCUT2D eigenvalue weighted by molar-refractivity contribution is 0.589. The Morgan fingerprint density at radius 3 is 1.74 bits per heavy atom. The highest BCUT2D eigenvalue weighted by molar-refractivity contribution is 5.91. The molecular formula is C30H30F2N2. The van der Waals surface area contributed by atoms with Gasteiger partial charge >= 0.3 is 0 Å². The molecule has 4 rings (SSSR count). The molecular weight excluding hydrogens is 426 g/mol. The van der Waals surface area contributed by atoms with E-state index in [1.165, 1.54) is 18.3 Å². The van der Waals surface area contributed by atoms with Crippen LogP contribution in [0.15, 0.2) is 73.1 Å². The zero-order valence-corrected chi connectivity index (χ0v) is 20.6. The van der Waals surface area contributed by atoms with Crippen LogP contribution in [0.2, 0.25) is 0 Å². The standard InChI is InChI=1S/C30H30F2N2/c1-29(2,3)19-9-12-22(24(16-19)27-14-11-21(31)18-34-27)23-13-10-20(30(4,5)6)17-25(23)28-26(32)8-7-15-33-28/h7-18H,1-6H3. The monoisotopic (exact) mass is 456 g/mol. The van der Waals surface area contributed by atoms with Crippen molar-refractivity contribution in [1.82, 2.24) is 9.97 Å². The summed E-state index contributed by atoms with van der Waals surface area (Å²) in [5, 5.41) is 0. The number of halogens is 2. The number of benzene rings is 2. The molecule has 4 heteroatoms. The van der Waals surface area contributed by atoms with Crippen LogP contribution in [-0.4, -0.2) is 9.97 Å². The van der Waals surface area contributed by atoms with Crippen molar-refractivity contribution in [2.24, 2.45) is 0 Å². The molecule has 0 aliphatic carbocycles. The molecule has 0 saturated carbocycles. The van der Waals surface area contributed by atoms with E-state index in [1.807, 2.05) is 12.1 Å². The van der Waals surface area contributed by atoms with Crippen molar-refractivity contribution < 1.29 is 8.78 Å². The molecule has 2 heterocycles. The third-order valence-corrected chi connectivity index (χ3v) is 6.08. The zero-order valence-electron chi connectivity index (χ0n) is 20.6. The number of nitrogens with zero attached hydrogens (tertiary/aromatic N) is 2. The van der Waals surface area contributed by atoms with Gasteiger partial charge in [-0.05, 0) is 69.5 Å². The first-order valence-corrected chi connectivity index (χ1v) is 11.5. The van der Waals surface area contributed by atoms with E-state index in [-0.39, 0.29) is 22.5 Å². The molecule has 2 nitrogen and oxygen atoms in total. The Balaban J connectivity index is 2.04. The topological polar surface area (TPSA) is 25.8 Å². The summed E-state index contributed by atoms with van der Waals surface area (Å²) in [4.78, 5) is 8.76. The van der Waals surface area contributed by atoms with Crippen molar-refractivity contribution in [2.75, 3.05) is 0 Å². The molecule has 0 aliphatic rings. The maximum absolute atomic E-state index is 15.0. The van der Waals surface area contributed by atoms with Gasteiger partial charge < -0.3 is 0 Å². The number of aromatic nitrogens is 2. The van der Waals surface area contributed by atoms with Gasteiger partial charge in [0.25, 0.3) is 0 Å². The fourth-order valence-electron chi connectivity index (χ4n) is 4.02. The summed E-state index contributed by atoms with van der Waals surface area (Å²) in [6.07, 6.45) is 2.84. The second kappa shape index (κ2) is 8.75. The summed E-state index contributed by atoms with van der Waals surface area (Å²) < 4.78 is 28.6. The summed E-state index contributed by atoms with van der Waals surface area (Å²) in [6, 6.07) is 18.5. The fourth-order valence-corrected chi connectivity index (χ4v) is 4.02. The van der Waals surface area contributed by atoms with E-state index in [0.717, 1.165) is 33.4 Å². The molecule has 0 fully saturated rings. The predicted octanol–water partition coefficient (Wildman–Crippen LogP) is 8.35. The lowest BCUT2D eigenvalue weighted by Gasteiger charge is -2.24. The van der Waals surface area contributed by atoms with Gasteiger partial charge in [-0.2, -0.15) is 0 Å². The van der Waals surface area contributed by atoms with E-state index in [4.69, 9.17) is 0 Å². The summed E-state index contributed by atoms with van der Waals surface area (Å²) in [7, 11) is 0.